The van der Waals surface area contributed by atoms with Crippen molar-refractivity contribution in [3.8, 4) is 11.1 Å². The van der Waals surface area contributed by atoms with Crippen molar-refractivity contribution in [3.05, 3.63) is 187 Å². The van der Waals surface area contributed by atoms with Gasteiger partial charge in [-0.05, 0) is 144 Å². The second-order valence-electron chi connectivity index (χ2n) is 16.4. The lowest BCUT2D eigenvalue weighted by molar-refractivity contribution is 0.475. The van der Waals surface area contributed by atoms with Gasteiger partial charge in [0.2, 0.25) is 0 Å². The van der Waals surface area contributed by atoms with Gasteiger partial charge < -0.3 is 14.7 Å². The predicted molar refractivity (Wildman–Crippen MR) is 250 cm³/mol. The maximum absolute atomic E-state index is 2.57. The minimum Gasteiger partial charge on any atom is -0.372 e. The van der Waals surface area contributed by atoms with E-state index in [4.69, 9.17) is 0 Å². The van der Waals surface area contributed by atoms with Gasteiger partial charge in [-0.2, -0.15) is 0 Å². The van der Waals surface area contributed by atoms with Crippen molar-refractivity contribution >= 4 is 72.1 Å². The van der Waals surface area contributed by atoms with Crippen molar-refractivity contribution < 1.29 is 0 Å². The van der Waals surface area contributed by atoms with Crippen molar-refractivity contribution in [2.75, 3.05) is 27.8 Å². The van der Waals surface area contributed by atoms with Crippen molar-refractivity contribution in [1.82, 2.24) is 0 Å². The summed E-state index contributed by atoms with van der Waals surface area (Å²) in [6, 6.07) is 65.2. The Kier molecular flexibility index (Phi) is 8.90. The van der Waals surface area contributed by atoms with Crippen LogP contribution >= 0.6 is 0 Å². The zero-order valence-corrected chi connectivity index (χ0v) is 33.9. The van der Waals surface area contributed by atoms with Crippen LogP contribution in [0.1, 0.15) is 45.2 Å². The Labute approximate surface area is 342 Å². The summed E-state index contributed by atoms with van der Waals surface area (Å²) < 4.78 is 0. The molecule has 0 unspecified atom stereocenters. The lowest BCUT2D eigenvalue weighted by Gasteiger charge is -2.37. The molecule has 10 rings (SSSR count). The lowest BCUT2D eigenvalue weighted by Crippen LogP contribution is -2.24. The number of benzene rings is 9. The summed E-state index contributed by atoms with van der Waals surface area (Å²) in [6.45, 7) is 11.3. The molecule has 0 heterocycles. The lowest BCUT2D eigenvalue weighted by atomic mass is 9.70. The molecular formula is C55H49N3. The van der Waals surface area contributed by atoms with E-state index in [1.165, 1.54) is 71.6 Å². The molecule has 0 fully saturated rings. The van der Waals surface area contributed by atoms with Crippen molar-refractivity contribution in [3.63, 3.8) is 0 Å². The molecule has 58 heavy (non-hydrogen) atoms. The number of anilines is 7. The highest BCUT2D eigenvalue weighted by molar-refractivity contribution is 6.32. The van der Waals surface area contributed by atoms with Crippen LogP contribution < -0.4 is 14.7 Å². The van der Waals surface area contributed by atoms with E-state index in [0.717, 1.165) is 48.7 Å². The minimum absolute atomic E-state index is 0.000371. The minimum atomic E-state index is 0.000371. The molecule has 0 amide bonds. The third kappa shape index (κ3) is 5.88. The van der Waals surface area contributed by atoms with Crippen LogP contribution in [0, 0.1) is 0 Å². The predicted octanol–water partition coefficient (Wildman–Crippen LogP) is 15.3. The Morgan fingerprint density at radius 2 is 0.931 bits per heavy atom. The maximum atomic E-state index is 2.57. The third-order valence-electron chi connectivity index (χ3n) is 12.6. The quantitative estimate of drug-likeness (QED) is 0.129. The Hall–Kier alpha value is -6.58. The van der Waals surface area contributed by atoms with Crippen LogP contribution in [-0.2, 0) is 11.8 Å². The number of hydrogen-bond acceptors (Lipinski definition) is 3. The molecule has 0 spiro atoms. The number of rotatable bonds is 10. The molecule has 0 N–H and O–H groups in total. The van der Waals surface area contributed by atoms with Crippen molar-refractivity contribution in [2.24, 2.45) is 0 Å². The molecule has 3 nitrogen and oxygen atoms in total. The van der Waals surface area contributed by atoms with E-state index >= 15 is 0 Å². The Morgan fingerprint density at radius 3 is 1.43 bits per heavy atom. The van der Waals surface area contributed by atoms with Gasteiger partial charge in [-0.25, -0.2) is 0 Å². The molecule has 9 aromatic carbocycles. The normalized spacial score (nSPS) is 13.3. The van der Waals surface area contributed by atoms with Crippen LogP contribution in [0.4, 0.5) is 39.8 Å². The van der Waals surface area contributed by atoms with Gasteiger partial charge >= 0.3 is 0 Å². The van der Waals surface area contributed by atoms with Crippen molar-refractivity contribution in [2.45, 2.75) is 46.0 Å². The largest absolute Gasteiger partial charge is 0.372 e. The molecule has 0 aliphatic heterocycles. The monoisotopic (exact) mass is 751 g/mol. The van der Waals surface area contributed by atoms with Gasteiger partial charge in [0.25, 0.3) is 0 Å². The van der Waals surface area contributed by atoms with Gasteiger partial charge in [0, 0.05) is 63.1 Å². The molecule has 0 aromatic heterocycles. The van der Waals surface area contributed by atoms with Crippen LogP contribution in [-0.4, -0.2) is 13.1 Å². The zero-order chi connectivity index (χ0) is 39.4. The Balaban J connectivity index is 1.37. The summed E-state index contributed by atoms with van der Waals surface area (Å²) in [5, 5.41) is 7.96. The summed E-state index contributed by atoms with van der Waals surface area (Å²) in [4.78, 5) is 7.36. The average molecular weight is 752 g/mol. The summed E-state index contributed by atoms with van der Waals surface area (Å²) >= 11 is 0. The number of hydrogen-bond donors (Lipinski definition) is 0. The summed E-state index contributed by atoms with van der Waals surface area (Å²) in [5.74, 6) is 0. The van der Waals surface area contributed by atoms with Crippen LogP contribution in [0.3, 0.4) is 0 Å². The summed E-state index contributed by atoms with van der Waals surface area (Å²) in [6.07, 6.45) is 2.12. The van der Waals surface area contributed by atoms with Gasteiger partial charge in [-0.3, -0.25) is 0 Å². The van der Waals surface area contributed by atoms with Crippen LogP contribution in [0.2, 0.25) is 0 Å². The molecule has 0 saturated carbocycles. The second-order valence-corrected chi connectivity index (χ2v) is 16.4. The first-order valence-corrected chi connectivity index (χ1v) is 20.9. The van der Waals surface area contributed by atoms with E-state index < -0.39 is 0 Å². The first-order chi connectivity index (χ1) is 28.4. The molecule has 1 aliphatic rings. The van der Waals surface area contributed by atoms with Gasteiger partial charge in [-0.1, -0.05) is 111 Å². The summed E-state index contributed by atoms with van der Waals surface area (Å²) in [5.41, 5.74) is 13.6. The molecule has 3 heteroatoms. The highest BCUT2D eigenvalue weighted by Crippen LogP contribution is 2.54. The molecule has 0 bridgehead atoms. The van der Waals surface area contributed by atoms with E-state index in [1.807, 2.05) is 0 Å². The van der Waals surface area contributed by atoms with Crippen LogP contribution in [0.25, 0.3) is 43.4 Å². The molecule has 0 radical (unpaired) electrons. The highest BCUT2D eigenvalue weighted by atomic mass is 15.2. The highest BCUT2D eigenvalue weighted by Gasteiger charge is 2.34. The molecular weight excluding hydrogens is 703 g/mol. The van der Waals surface area contributed by atoms with E-state index in [2.05, 4.69) is 218 Å². The standard InChI is InChI=1S/C55H49N3/c1-5-56(6-2)40-29-27-38(28-30-40)47-37-51(58(43-23-15-9-16-24-43)44-25-17-10-18-26-44)48-36-49-52-39(33-34-55(49,3)4)35-50(46-32-31-45(47)53(48)54(46)52)57(41-19-11-7-12-20-41)42-21-13-8-14-22-42/h7-32,35-37H,5-6,33-34H2,1-4H3. The fourth-order valence-corrected chi connectivity index (χ4v) is 9.67. The first-order valence-electron chi connectivity index (χ1n) is 20.9. The van der Waals surface area contributed by atoms with Crippen LogP contribution in [0.15, 0.2) is 176 Å². The van der Waals surface area contributed by atoms with Crippen LogP contribution in [0.5, 0.6) is 0 Å². The third-order valence-corrected chi connectivity index (χ3v) is 12.6. The first kappa shape index (κ1) is 35.8. The SMILES string of the molecule is CCN(CC)c1ccc(-c2cc(N(c3ccccc3)c3ccccc3)c3cc4c5c(cc(N(c6ccccc6)c6ccccc6)c6ccc2c3c65)CCC4(C)C)cc1. The van der Waals surface area contributed by atoms with E-state index in [1.54, 1.807) is 0 Å². The van der Waals surface area contributed by atoms with E-state index in [-0.39, 0.29) is 5.41 Å². The fraction of sp³-hybridized carbons (Fsp3) is 0.164. The fourth-order valence-electron chi connectivity index (χ4n) is 9.67. The van der Waals surface area contributed by atoms with Gasteiger partial charge in [-0.15, -0.1) is 0 Å². The van der Waals surface area contributed by atoms with Crippen molar-refractivity contribution in [1.29, 1.82) is 0 Å². The summed E-state index contributed by atoms with van der Waals surface area (Å²) in [7, 11) is 0. The molecule has 284 valence electrons. The van der Waals surface area contributed by atoms with Gasteiger partial charge in [0.1, 0.15) is 0 Å². The molecule has 0 saturated heterocycles. The molecule has 9 aromatic rings. The second kappa shape index (κ2) is 14.4. The maximum Gasteiger partial charge on any atom is 0.0546 e. The topological polar surface area (TPSA) is 9.72 Å². The molecule has 1 aliphatic carbocycles. The van der Waals surface area contributed by atoms with E-state index in [0.29, 0.717) is 0 Å². The average Bonchev–Trinajstić information content (AvgIpc) is 3.27. The number of para-hydroxylation sites is 4. The van der Waals surface area contributed by atoms with E-state index in [9.17, 15) is 0 Å². The Bertz CT molecular complexity index is 2780. The zero-order valence-electron chi connectivity index (χ0n) is 33.9. The van der Waals surface area contributed by atoms with Gasteiger partial charge in [0.15, 0.2) is 0 Å². The smallest absolute Gasteiger partial charge is 0.0546 e. The number of nitrogens with zero attached hydrogens (tertiary/aromatic N) is 3. The van der Waals surface area contributed by atoms with Gasteiger partial charge in [0.05, 0.1) is 11.4 Å². The Morgan fingerprint density at radius 1 is 0.448 bits per heavy atom. The number of aryl methyl sites for hydroxylation is 1. The molecule has 0 atom stereocenters.